The summed E-state index contributed by atoms with van der Waals surface area (Å²) in [5.74, 6) is 0.158. The van der Waals surface area contributed by atoms with E-state index < -0.39 is 0 Å². The molecule has 37 heavy (non-hydrogen) atoms. The van der Waals surface area contributed by atoms with E-state index in [1.807, 2.05) is 56.5 Å². The molecule has 0 bridgehead atoms. The summed E-state index contributed by atoms with van der Waals surface area (Å²) >= 11 is 3.05. The number of benzene rings is 2. The van der Waals surface area contributed by atoms with Gasteiger partial charge in [0, 0.05) is 17.4 Å². The SMILES string of the molecule is Cc1nc(C)c(-c2csc(CC(=O)Cc3cc(OCCO)cc(C(=O)N[C@@H](C)c4ccccc4)c3)n2)s1. The molecular weight excluding hydrogens is 506 g/mol. The molecule has 0 saturated heterocycles. The number of aromatic nitrogens is 2. The number of hydrogen-bond donors (Lipinski definition) is 2. The Morgan fingerprint density at radius 1 is 1.08 bits per heavy atom. The number of aliphatic hydroxyl groups excluding tert-OH is 1. The van der Waals surface area contributed by atoms with Crippen molar-refractivity contribution in [2.24, 2.45) is 0 Å². The first kappa shape index (κ1) is 26.7. The molecule has 0 fully saturated rings. The summed E-state index contributed by atoms with van der Waals surface area (Å²) in [6.45, 7) is 5.79. The average Bonchev–Trinajstić information content (AvgIpc) is 3.47. The molecule has 0 unspecified atom stereocenters. The summed E-state index contributed by atoms with van der Waals surface area (Å²) in [4.78, 5) is 36.1. The zero-order chi connectivity index (χ0) is 26.4. The largest absolute Gasteiger partial charge is 0.491 e. The Bertz CT molecular complexity index is 1380. The number of aryl methyl sites for hydroxylation is 2. The van der Waals surface area contributed by atoms with Crippen molar-refractivity contribution < 1.29 is 19.4 Å². The van der Waals surface area contributed by atoms with Crippen LogP contribution in [0.25, 0.3) is 10.6 Å². The van der Waals surface area contributed by atoms with E-state index in [9.17, 15) is 9.59 Å². The molecule has 192 valence electrons. The van der Waals surface area contributed by atoms with E-state index in [4.69, 9.17) is 9.84 Å². The number of carbonyl (C=O) groups is 2. The molecule has 2 aromatic carbocycles. The highest BCUT2D eigenvalue weighted by atomic mass is 32.1. The second kappa shape index (κ2) is 12.2. The van der Waals surface area contributed by atoms with Crippen LogP contribution in [0.2, 0.25) is 0 Å². The Balaban J connectivity index is 1.47. The van der Waals surface area contributed by atoms with E-state index in [0.717, 1.165) is 31.8 Å². The van der Waals surface area contributed by atoms with Gasteiger partial charge in [-0.25, -0.2) is 9.97 Å². The molecule has 0 radical (unpaired) electrons. The summed E-state index contributed by atoms with van der Waals surface area (Å²) in [6, 6.07) is 14.6. The lowest BCUT2D eigenvalue weighted by molar-refractivity contribution is -0.117. The lowest BCUT2D eigenvalue weighted by Gasteiger charge is -2.16. The fourth-order valence-electron chi connectivity index (χ4n) is 3.97. The van der Waals surface area contributed by atoms with Gasteiger partial charge in [0.1, 0.15) is 23.1 Å². The van der Waals surface area contributed by atoms with Crippen molar-refractivity contribution in [1.82, 2.24) is 15.3 Å². The van der Waals surface area contributed by atoms with E-state index in [1.165, 1.54) is 11.3 Å². The number of hydrogen-bond acceptors (Lipinski definition) is 8. The monoisotopic (exact) mass is 535 g/mol. The Morgan fingerprint density at radius 3 is 2.57 bits per heavy atom. The maximum atomic E-state index is 13.0. The Kier molecular flexibility index (Phi) is 8.81. The quantitative estimate of drug-likeness (QED) is 0.277. The lowest BCUT2D eigenvalue weighted by atomic mass is 10.0. The van der Waals surface area contributed by atoms with Crippen LogP contribution in [0.1, 0.15) is 50.2 Å². The highest BCUT2D eigenvalue weighted by Gasteiger charge is 2.17. The molecule has 4 rings (SSSR count). The number of thiazole rings is 2. The number of nitrogens with zero attached hydrogens (tertiary/aromatic N) is 2. The molecule has 9 heteroatoms. The topological polar surface area (TPSA) is 101 Å². The molecule has 4 aromatic rings. The van der Waals surface area contributed by atoms with Gasteiger partial charge in [0.05, 0.1) is 40.3 Å². The first-order chi connectivity index (χ1) is 17.8. The number of amides is 1. The van der Waals surface area contributed by atoms with Gasteiger partial charge in [-0.3, -0.25) is 9.59 Å². The number of ether oxygens (including phenoxy) is 1. The summed E-state index contributed by atoms with van der Waals surface area (Å²) in [5, 5.41) is 15.9. The Morgan fingerprint density at radius 2 is 1.86 bits per heavy atom. The van der Waals surface area contributed by atoms with Crippen LogP contribution in [0, 0.1) is 13.8 Å². The van der Waals surface area contributed by atoms with Crippen molar-refractivity contribution in [2.75, 3.05) is 13.2 Å². The normalized spacial score (nSPS) is 11.8. The van der Waals surface area contributed by atoms with Crippen LogP contribution in [0.5, 0.6) is 5.75 Å². The molecule has 7 nitrogen and oxygen atoms in total. The van der Waals surface area contributed by atoms with Gasteiger partial charge in [-0.1, -0.05) is 30.3 Å². The van der Waals surface area contributed by atoms with Gasteiger partial charge >= 0.3 is 0 Å². The average molecular weight is 536 g/mol. The van der Waals surface area contributed by atoms with Crippen molar-refractivity contribution in [3.05, 3.63) is 86.3 Å². The number of carbonyl (C=O) groups excluding carboxylic acids is 2. The van der Waals surface area contributed by atoms with Crippen LogP contribution >= 0.6 is 22.7 Å². The summed E-state index contributed by atoms with van der Waals surface area (Å²) in [6.07, 6.45) is 0.342. The molecule has 0 aliphatic rings. The second-order valence-electron chi connectivity index (χ2n) is 8.71. The molecule has 2 heterocycles. The van der Waals surface area contributed by atoms with Crippen molar-refractivity contribution in [1.29, 1.82) is 0 Å². The van der Waals surface area contributed by atoms with Gasteiger partial charge in [-0.15, -0.1) is 22.7 Å². The minimum Gasteiger partial charge on any atom is -0.491 e. The number of ketones is 1. The second-order valence-corrected chi connectivity index (χ2v) is 10.9. The maximum Gasteiger partial charge on any atom is 0.251 e. The zero-order valence-electron chi connectivity index (χ0n) is 21.0. The predicted molar refractivity (Wildman–Crippen MR) is 146 cm³/mol. The Labute approximate surface area is 224 Å². The van der Waals surface area contributed by atoms with E-state index in [-0.39, 0.29) is 43.8 Å². The van der Waals surface area contributed by atoms with Crippen LogP contribution in [-0.4, -0.2) is 40.0 Å². The number of rotatable bonds is 11. The van der Waals surface area contributed by atoms with Crippen LogP contribution < -0.4 is 10.1 Å². The highest BCUT2D eigenvalue weighted by Crippen LogP contribution is 2.31. The number of Topliss-reactive ketones (excluding diaryl/α,β-unsaturated/α-hetero) is 1. The van der Waals surface area contributed by atoms with Crippen molar-refractivity contribution in [2.45, 2.75) is 39.7 Å². The van der Waals surface area contributed by atoms with Gasteiger partial charge in [0.15, 0.2) is 0 Å². The fourth-order valence-corrected chi connectivity index (χ4v) is 5.74. The molecule has 0 aliphatic heterocycles. The van der Waals surface area contributed by atoms with Gasteiger partial charge in [0.2, 0.25) is 0 Å². The minimum atomic E-state index is -0.265. The predicted octanol–water partition coefficient (Wildman–Crippen LogP) is 5.10. The Hall–Kier alpha value is -3.40. The first-order valence-electron chi connectivity index (χ1n) is 12.0. The fraction of sp³-hybridized carbons (Fsp3) is 0.286. The smallest absolute Gasteiger partial charge is 0.251 e. The van der Waals surface area contributed by atoms with Crippen molar-refractivity contribution in [3.63, 3.8) is 0 Å². The summed E-state index contributed by atoms with van der Waals surface area (Å²) < 4.78 is 5.59. The molecule has 0 saturated carbocycles. The maximum absolute atomic E-state index is 13.0. The standard InChI is InChI=1S/C28H29N3O4S2/c1-17(21-7-5-4-6-8-21)30-28(34)22-11-20(13-24(14-22)35-10-9-32)12-23(33)15-26-31-25(16-36-26)27-18(2)29-19(3)37-27/h4-8,11,13-14,16-17,32H,9-10,12,15H2,1-3H3,(H,30,34)/t17-/m0/s1. The molecular formula is C28H29N3O4S2. The van der Waals surface area contributed by atoms with Gasteiger partial charge in [-0.2, -0.15) is 0 Å². The summed E-state index contributed by atoms with van der Waals surface area (Å²) in [5.41, 5.74) is 3.85. The minimum absolute atomic E-state index is 0.0126. The van der Waals surface area contributed by atoms with E-state index in [0.29, 0.717) is 16.9 Å². The third-order valence-electron chi connectivity index (χ3n) is 5.67. The van der Waals surface area contributed by atoms with Crippen LogP contribution in [0.15, 0.2) is 53.9 Å². The van der Waals surface area contributed by atoms with Crippen LogP contribution in [-0.2, 0) is 17.6 Å². The molecule has 1 amide bonds. The number of nitrogens with one attached hydrogen (secondary N) is 1. The molecule has 0 aliphatic carbocycles. The first-order valence-corrected chi connectivity index (χ1v) is 13.7. The van der Waals surface area contributed by atoms with Gasteiger partial charge in [0.25, 0.3) is 5.91 Å². The summed E-state index contributed by atoms with van der Waals surface area (Å²) in [7, 11) is 0. The van der Waals surface area contributed by atoms with Crippen LogP contribution in [0.3, 0.4) is 0 Å². The number of aliphatic hydroxyl groups is 1. The highest BCUT2D eigenvalue weighted by molar-refractivity contribution is 7.16. The van der Waals surface area contributed by atoms with E-state index in [2.05, 4.69) is 15.3 Å². The third-order valence-corrected chi connectivity index (χ3v) is 7.62. The van der Waals surface area contributed by atoms with Crippen molar-refractivity contribution in [3.8, 4) is 16.3 Å². The van der Waals surface area contributed by atoms with Gasteiger partial charge in [-0.05, 0) is 50.1 Å². The molecule has 0 spiro atoms. The van der Waals surface area contributed by atoms with Crippen LogP contribution in [0.4, 0.5) is 0 Å². The molecule has 2 N–H and O–H groups in total. The lowest BCUT2D eigenvalue weighted by Crippen LogP contribution is -2.26. The molecule has 1 atom stereocenters. The van der Waals surface area contributed by atoms with Gasteiger partial charge < -0.3 is 15.2 Å². The van der Waals surface area contributed by atoms with E-state index >= 15 is 0 Å². The zero-order valence-corrected chi connectivity index (χ0v) is 22.6. The third kappa shape index (κ3) is 7.09. The molecule has 2 aromatic heterocycles. The van der Waals surface area contributed by atoms with E-state index in [1.54, 1.807) is 29.5 Å². The van der Waals surface area contributed by atoms with Crippen molar-refractivity contribution >= 4 is 34.4 Å².